The Labute approximate surface area is 151 Å². The lowest BCUT2D eigenvalue weighted by Crippen LogP contribution is -2.28. The third-order valence-electron chi connectivity index (χ3n) is 4.45. The van der Waals surface area contributed by atoms with Gasteiger partial charge in [-0.2, -0.15) is 5.10 Å². The number of rotatable bonds is 4. The fourth-order valence-electron chi connectivity index (χ4n) is 3.22. The Kier molecular flexibility index (Phi) is 4.48. The van der Waals surface area contributed by atoms with Crippen molar-refractivity contribution in [2.45, 2.75) is 18.9 Å². The Morgan fingerprint density at radius 3 is 2.88 bits per heavy atom. The predicted octanol–water partition coefficient (Wildman–Crippen LogP) is 4.31. The maximum Gasteiger partial charge on any atom is 0.247 e. The predicted molar refractivity (Wildman–Crippen MR) is 101 cm³/mol. The minimum Gasteiger partial charge on any atom is -0.331 e. The zero-order valence-corrected chi connectivity index (χ0v) is 14.6. The molecular formula is C20H19N3OS. The van der Waals surface area contributed by atoms with E-state index in [9.17, 15) is 4.79 Å². The summed E-state index contributed by atoms with van der Waals surface area (Å²) in [5.74, 6) is 0.0726. The van der Waals surface area contributed by atoms with Gasteiger partial charge in [0.25, 0.3) is 0 Å². The fourth-order valence-corrected chi connectivity index (χ4v) is 4.09. The van der Waals surface area contributed by atoms with E-state index in [0.717, 1.165) is 30.6 Å². The van der Waals surface area contributed by atoms with E-state index in [2.05, 4.69) is 22.6 Å². The Morgan fingerprint density at radius 2 is 2.08 bits per heavy atom. The quantitative estimate of drug-likeness (QED) is 0.658. The SMILES string of the molecule is O=C(/C=C/c1cnn(-c2ccccc2)c1)N1CCCC1c1cccs1. The average molecular weight is 349 g/mol. The number of benzene rings is 1. The van der Waals surface area contributed by atoms with Gasteiger partial charge >= 0.3 is 0 Å². The van der Waals surface area contributed by atoms with E-state index in [1.165, 1.54) is 4.88 Å². The van der Waals surface area contributed by atoms with Gasteiger partial charge < -0.3 is 4.90 Å². The molecule has 5 heteroatoms. The van der Waals surface area contributed by atoms with Crippen LogP contribution in [0.25, 0.3) is 11.8 Å². The highest BCUT2D eigenvalue weighted by Crippen LogP contribution is 2.34. The maximum atomic E-state index is 12.6. The van der Waals surface area contributed by atoms with Gasteiger partial charge in [-0.1, -0.05) is 24.3 Å². The van der Waals surface area contributed by atoms with E-state index < -0.39 is 0 Å². The minimum absolute atomic E-state index is 0.0726. The number of carbonyl (C=O) groups excluding carboxylic acids is 1. The van der Waals surface area contributed by atoms with Crippen LogP contribution >= 0.6 is 11.3 Å². The second kappa shape index (κ2) is 7.07. The molecule has 2 aromatic heterocycles. The monoisotopic (exact) mass is 349 g/mol. The smallest absolute Gasteiger partial charge is 0.247 e. The molecule has 4 nitrogen and oxygen atoms in total. The number of hydrogen-bond acceptors (Lipinski definition) is 3. The summed E-state index contributed by atoms with van der Waals surface area (Å²) < 4.78 is 1.81. The zero-order valence-electron chi connectivity index (χ0n) is 13.8. The molecular weight excluding hydrogens is 330 g/mol. The zero-order chi connectivity index (χ0) is 17.1. The van der Waals surface area contributed by atoms with Crippen LogP contribution in [0.1, 0.15) is 29.3 Å². The molecule has 0 saturated carbocycles. The lowest BCUT2D eigenvalue weighted by molar-refractivity contribution is -0.126. The molecule has 1 aromatic carbocycles. The van der Waals surface area contributed by atoms with Crippen LogP contribution in [0.5, 0.6) is 0 Å². The molecule has 25 heavy (non-hydrogen) atoms. The first-order valence-electron chi connectivity index (χ1n) is 8.43. The van der Waals surface area contributed by atoms with E-state index >= 15 is 0 Å². The van der Waals surface area contributed by atoms with Crippen LogP contribution in [0.2, 0.25) is 0 Å². The second-order valence-electron chi connectivity index (χ2n) is 6.09. The van der Waals surface area contributed by atoms with Gasteiger partial charge in [0.15, 0.2) is 0 Å². The number of carbonyl (C=O) groups is 1. The fraction of sp³-hybridized carbons (Fsp3) is 0.200. The molecule has 1 aliphatic rings. The van der Waals surface area contributed by atoms with E-state index in [1.807, 2.05) is 52.2 Å². The van der Waals surface area contributed by atoms with E-state index in [1.54, 1.807) is 23.6 Å². The third-order valence-corrected chi connectivity index (χ3v) is 5.42. The van der Waals surface area contributed by atoms with Crippen LogP contribution in [-0.2, 0) is 4.79 Å². The largest absolute Gasteiger partial charge is 0.331 e. The van der Waals surface area contributed by atoms with Gasteiger partial charge in [0.2, 0.25) is 5.91 Å². The molecule has 0 aliphatic carbocycles. The first-order chi connectivity index (χ1) is 12.3. The number of amides is 1. The number of likely N-dealkylation sites (tertiary alicyclic amines) is 1. The highest BCUT2D eigenvalue weighted by molar-refractivity contribution is 7.10. The van der Waals surface area contributed by atoms with E-state index in [0.29, 0.717) is 0 Å². The van der Waals surface area contributed by atoms with Crippen molar-refractivity contribution in [3.63, 3.8) is 0 Å². The molecule has 1 unspecified atom stereocenters. The lowest BCUT2D eigenvalue weighted by atomic mass is 10.2. The van der Waals surface area contributed by atoms with Crippen molar-refractivity contribution in [2.75, 3.05) is 6.54 Å². The van der Waals surface area contributed by atoms with Gasteiger partial charge in [-0.15, -0.1) is 11.3 Å². The van der Waals surface area contributed by atoms with Crippen LogP contribution in [0, 0.1) is 0 Å². The molecule has 4 rings (SSSR count). The Hall–Kier alpha value is -2.66. The highest BCUT2D eigenvalue weighted by Gasteiger charge is 2.29. The van der Waals surface area contributed by atoms with Crippen molar-refractivity contribution in [3.8, 4) is 5.69 Å². The van der Waals surface area contributed by atoms with E-state index in [-0.39, 0.29) is 11.9 Å². The van der Waals surface area contributed by atoms with Gasteiger partial charge in [-0.25, -0.2) is 4.68 Å². The van der Waals surface area contributed by atoms with Gasteiger partial charge in [0, 0.05) is 29.3 Å². The van der Waals surface area contributed by atoms with Crippen molar-refractivity contribution in [3.05, 3.63) is 76.8 Å². The molecule has 1 amide bonds. The van der Waals surface area contributed by atoms with Crippen LogP contribution in [0.3, 0.4) is 0 Å². The Morgan fingerprint density at radius 1 is 1.20 bits per heavy atom. The van der Waals surface area contributed by atoms with Crippen molar-refractivity contribution in [2.24, 2.45) is 0 Å². The molecule has 126 valence electrons. The molecule has 1 saturated heterocycles. The molecule has 1 fully saturated rings. The topological polar surface area (TPSA) is 38.1 Å². The minimum atomic E-state index is 0.0726. The summed E-state index contributed by atoms with van der Waals surface area (Å²) in [6, 6.07) is 14.3. The summed E-state index contributed by atoms with van der Waals surface area (Å²) in [6.07, 6.45) is 9.33. The molecule has 0 spiro atoms. The summed E-state index contributed by atoms with van der Waals surface area (Å²) in [4.78, 5) is 15.9. The highest BCUT2D eigenvalue weighted by atomic mass is 32.1. The summed E-state index contributed by atoms with van der Waals surface area (Å²) in [7, 11) is 0. The summed E-state index contributed by atoms with van der Waals surface area (Å²) >= 11 is 1.73. The molecule has 1 aliphatic heterocycles. The number of aromatic nitrogens is 2. The first-order valence-corrected chi connectivity index (χ1v) is 9.31. The van der Waals surface area contributed by atoms with Crippen LogP contribution < -0.4 is 0 Å². The molecule has 1 atom stereocenters. The van der Waals surface area contributed by atoms with Crippen molar-refractivity contribution >= 4 is 23.3 Å². The number of nitrogens with zero attached hydrogens (tertiary/aromatic N) is 3. The lowest BCUT2D eigenvalue weighted by Gasteiger charge is -2.22. The van der Waals surface area contributed by atoms with Crippen LogP contribution in [0.4, 0.5) is 0 Å². The molecule has 3 heterocycles. The summed E-state index contributed by atoms with van der Waals surface area (Å²) in [5, 5.41) is 6.43. The second-order valence-corrected chi connectivity index (χ2v) is 7.07. The van der Waals surface area contributed by atoms with Crippen molar-refractivity contribution < 1.29 is 4.79 Å². The number of hydrogen-bond donors (Lipinski definition) is 0. The van der Waals surface area contributed by atoms with Gasteiger partial charge in [0.1, 0.15) is 0 Å². The van der Waals surface area contributed by atoms with Crippen molar-refractivity contribution in [1.29, 1.82) is 0 Å². The standard InChI is InChI=1S/C20H19N3OS/c24-20(22-12-4-8-18(22)19-9-5-13-25-19)11-10-16-14-21-23(15-16)17-6-2-1-3-7-17/h1-3,5-7,9-11,13-15,18H,4,8,12H2/b11-10+. The van der Waals surface area contributed by atoms with Crippen LogP contribution in [0.15, 0.2) is 66.3 Å². The summed E-state index contributed by atoms with van der Waals surface area (Å²) in [5.41, 5.74) is 1.93. The maximum absolute atomic E-state index is 12.6. The molecule has 0 N–H and O–H groups in total. The Bertz CT molecular complexity index is 868. The normalized spacial score (nSPS) is 17.4. The van der Waals surface area contributed by atoms with Crippen LogP contribution in [-0.4, -0.2) is 27.1 Å². The average Bonchev–Trinajstić information content (AvgIpc) is 3.41. The number of thiophene rings is 1. The van der Waals surface area contributed by atoms with Crippen molar-refractivity contribution in [1.82, 2.24) is 14.7 Å². The molecule has 0 radical (unpaired) electrons. The van der Waals surface area contributed by atoms with E-state index in [4.69, 9.17) is 0 Å². The van der Waals surface area contributed by atoms with Gasteiger partial charge in [0.05, 0.1) is 17.9 Å². The molecule has 0 bridgehead atoms. The first kappa shape index (κ1) is 15.8. The van der Waals surface area contributed by atoms with Gasteiger partial charge in [-0.3, -0.25) is 4.79 Å². The molecule has 3 aromatic rings. The Balaban J connectivity index is 1.47. The number of para-hydroxylation sites is 1. The van der Waals surface area contributed by atoms with Gasteiger partial charge in [-0.05, 0) is 42.5 Å². The third kappa shape index (κ3) is 3.42. The summed E-state index contributed by atoms with van der Waals surface area (Å²) in [6.45, 7) is 0.828.